The second kappa shape index (κ2) is 6.63. The molecule has 2 aliphatic rings. The molecule has 1 aromatic heterocycles. The third-order valence-electron chi connectivity index (χ3n) is 5.39. The molecule has 0 bridgehead atoms. The highest BCUT2D eigenvalue weighted by Crippen LogP contribution is 2.45. The Morgan fingerprint density at radius 2 is 1.89 bits per heavy atom. The first-order chi connectivity index (χ1) is 13.2. The quantitative estimate of drug-likeness (QED) is 0.561. The maximum Gasteiger partial charge on any atom is 0.284 e. The lowest BCUT2D eigenvalue weighted by Gasteiger charge is -2.30. The van der Waals surface area contributed by atoms with E-state index in [0.717, 1.165) is 29.7 Å². The van der Waals surface area contributed by atoms with Crippen molar-refractivity contribution in [3.8, 4) is 0 Å². The molecule has 0 unspecified atom stereocenters. The predicted molar refractivity (Wildman–Crippen MR) is 109 cm³/mol. The number of thiophene rings is 1. The maximum absolute atomic E-state index is 13.2. The number of hydrazone groups is 1. The monoisotopic (exact) mass is 392 g/mol. The maximum atomic E-state index is 13.2. The summed E-state index contributed by atoms with van der Waals surface area (Å²) in [6, 6.07) is 19.8. The van der Waals surface area contributed by atoms with Gasteiger partial charge < -0.3 is 0 Å². The minimum atomic E-state index is -0.170. The van der Waals surface area contributed by atoms with Crippen LogP contribution in [0.25, 0.3) is 0 Å². The second-order valence-corrected chi connectivity index (χ2v) is 8.24. The van der Waals surface area contributed by atoms with Crippen LogP contribution in [-0.4, -0.2) is 16.6 Å². The molecule has 0 radical (unpaired) electrons. The Morgan fingerprint density at radius 3 is 2.70 bits per heavy atom. The summed E-state index contributed by atoms with van der Waals surface area (Å²) in [5, 5.41) is 9.12. The normalized spacial score (nSPS) is 20.8. The molecule has 5 rings (SSSR count). The van der Waals surface area contributed by atoms with E-state index in [0.29, 0.717) is 9.90 Å². The van der Waals surface area contributed by atoms with Gasteiger partial charge in [-0.3, -0.25) is 4.79 Å². The molecule has 3 nitrogen and oxygen atoms in total. The number of hydrogen-bond donors (Lipinski definition) is 0. The Labute approximate surface area is 166 Å². The van der Waals surface area contributed by atoms with Crippen molar-refractivity contribution >= 4 is 34.6 Å². The van der Waals surface area contributed by atoms with E-state index in [1.807, 2.05) is 47.8 Å². The summed E-state index contributed by atoms with van der Waals surface area (Å²) in [5.74, 6) is 0.0954. The zero-order chi connectivity index (χ0) is 18.4. The molecular formula is C22H17ClN2OS. The van der Waals surface area contributed by atoms with Crippen LogP contribution in [0.2, 0.25) is 5.02 Å². The van der Waals surface area contributed by atoms with E-state index in [1.54, 1.807) is 5.01 Å². The summed E-state index contributed by atoms with van der Waals surface area (Å²) in [7, 11) is 0. The Kier molecular flexibility index (Phi) is 4.10. The van der Waals surface area contributed by atoms with Gasteiger partial charge in [0.2, 0.25) is 0 Å². The number of carbonyl (C=O) groups is 1. The number of benzene rings is 2. The zero-order valence-corrected chi connectivity index (χ0v) is 16.1. The fraction of sp³-hybridized carbons (Fsp3) is 0.182. The molecule has 2 aromatic carbocycles. The summed E-state index contributed by atoms with van der Waals surface area (Å²) in [4.78, 5) is 13.9. The fourth-order valence-corrected chi connectivity index (χ4v) is 5.07. The number of rotatable bonds is 2. The van der Waals surface area contributed by atoms with E-state index in [2.05, 4.69) is 18.2 Å². The Hall–Kier alpha value is -2.43. The molecular weight excluding hydrogens is 376 g/mol. The van der Waals surface area contributed by atoms with Gasteiger partial charge in [-0.15, -0.1) is 11.3 Å². The number of nitrogens with zero attached hydrogens (tertiary/aromatic N) is 2. The molecule has 0 saturated carbocycles. The lowest BCUT2D eigenvalue weighted by Crippen LogP contribution is -2.32. The van der Waals surface area contributed by atoms with Crippen LogP contribution >= 0.6 is 22.9 Å². The Morgan fingerprint density at radius 1 is 1.07 bits per heavy atom. The second-order valence-electron chi connectivity index (χ2n) is 6.88. The van der Waals surface area contributed by atoms with Crippen LogP contribution in [0.4, 0.5) is 0 Å². The van der Waals surface area contributed by atoms with E-state index in [9.17, 15) is 4.79 Å². The van der Waals surface area contributed by atoms with Gasteiger partial charge in [0.25, 0.3) is 5.91 Å². The molecule has 0 N–H and O–H groups in total. The van der Waals surface area contributed by atoms with E-state index in [-0.39, 0.29) is 17.9 Å². The van der Waals surface area contributed by atoms with Gasteiger partial charge in [0, 0.05) is 16.5 Å². The number of fused-ring (bicyclic) bond motifs is 3. The molecule has 1 amide bonds. The molecule has 1 aliphatic carbocycles. The molecule has 0 saturated heterocycles. The molecule has 3 aromatic rings. The van der Waals surface area contributed by atoms with E-state index in [4.69, 9.17) is 16.7 Å². The number of hydrogen-bond acceptors (Lipinski definition) is 3. The predicted octanol–water partition coefficient (Wildman–Crippen LogP) is 5.57. The van der Waals surface area contributed by atoms with Crippen LogP contribution in [0.1, 0.15) is 38.8 Å². The van der Waals surface area contributed by atoms with Crippen molar-refractivity contribution in [2.75, 3.05) is 0 Å². The first kappa shape index (κ1) is 16.7. The molecule has 134 valence electrons. The number of halogens is 1. The van der Waals surface area contributed by atoms with Gasteiger partial charge in [0.15, 0.2) is 0 Å². The molecule has 0 spiro atoms. The van der Waals surface area contributed by atoms with Crippen LogP contribution < -0.4 is 0 Å². The van der Waals surface area contributed by atoms with Crippen LogP contribution in [0.5, 0.6) is 0 Å². The van der Waals surface area contributed by atoms with Gasteiger partial charge >= 0.3 is 0 Å². The van der Waals surface area contributed by atoms with Crippen molar-refractivity contribution < 1.29 is 4.79 Å². The largest absolute Gasteiger partial charge is 0.284 e. The lowest BCUT2D eigenvalue weighted by atomic mass is 9.77. The molecule has 27 heavy (non-hydrogen) atoms. The summed E-state index contributed by atoms with van der Waals surface area (Å²) >= 11 is 7.99. The topological polar surface area (TPSA) is 32.7 Å². The third-order valence-corrected chi connectivity index (χ3v) is 6.60. The zero-order valence-electron chi connectivity index (χ0n) is 14.5. The van der Waals surface area contributed by atoms with Crippen molar-refractivity contribution in [1.29, 1.82) is 0 Å². The van der Waals surface area contributed by atoms with Crippen molar-refractivity contribution in [2.24, 2.45) is 11.0 Å². The molecule has 2 heterocycles. The number of amides is 1. The van der Waals surface area contributed by atoms with Crippen molar-refractivity contribution in [3.63, 3.8) is 0 Å². The average molecular weight is 393 g/mol. The third kappa shape index (κ3) is 2.71. The molecule has 0 fully saturated rings. The highest BCUT2D eigenvalue weighted by molar-refractivity contribution is 7.12. The Balaban J connectivity index is 1.65. The lowest BCUT2D eigenvalue weighted by molar-refractivity contribution is 0.0687. The van der Waals surface area contributed by atoms with E-state index in [1.165, 1.54) is 16.9 Å². The first-order valence-corrected chi connectivity index (χ1v) is 10.3. The highest BCUT2D eigenvalue weighted by Gasteiger charge is 2.44. The standard InChI is InChI=1S/C22H17ClN2OS/c23-18-9-4-3-8-16(18)21-17-12-11-14-6-1-2-7-15(14)20(17)24-25(21)22(26)19-10-5-13-27-19/h1-10,13,17,21H,11-12H2/t17-,21-/m1/s1. The highest BCUT2D eigenvalue weighted by atomic mass is 35.5. The summed E-state index contributed by atoms with van der Waals surface area (Å²) in [5.41, 5.74) is 4.43. The summed E-state index contributed by atoms with van der Waals surface area (Å²) in [6.45, 7) is 0. The van der Waals surface area contributed by atoms with Gasteiger partial charge in [0.05, 0.1) is 16.6 Å². The Bertz CT molecular complexity index is 1040. The minimum Gasteiger partial charge on any atom is -0.266 e. The van der Waals surface area contributed by atoms with Gasteiger partial charge in [-0.2, -0.15) is 5.10 Å². The number of aryl methyl sites for hydroxylation is 1. The van der Waals surface area contributed by atoms with E-state index >= 15 is 0 Å². The summed E-state index contributed by atoms with van der Waals surface area (Å²) in [6.07, 6.45) is 1.95. The van der Waals surface area contributed by atoms with Gasteiger partial charge in [-0.25, -0.2) is 5.01 Å². The van der Waals surface area contributed by atoms with Gasteiger partial charge in [0.1, 0.15) is 0 Å². The van der Waals surface area contributed by atoms with Crippen molar-refractivity contribution in [3.05, 3.63) is 92.6 Å². The molecule has 2 atom stereocenters. The minimum absolute atomic E-state index is 0.0608. The molecule has 1 aliphatic heterocycles. The molecule has 5 heteroatoms. The van der Waals surface area contributed by atoms with Crippen LogP contribution in [0.3, 0.4) is 0 Å². The van der Waals surface area contributed by atoms with Gasteiger partial charge in [-0.1, -0.05) is 60.1 Å². The van der Waals surface area contributed by atoms with Gasteiger partial charge in [-0.05, 0) is 41.5 Å². The average Bonchev–Trinajstić information content (AvgIpc) is 3.36. The van der Waals surface area contributed by atoms with Crippen molar-refractivity contribution in [2.45, 2.75) is 18.9 Å². The van der Waals surface area contributed by atoms with Crippen LogP contribution in [0.15, 0.2) is 71.1 Å². The SMILES string of the molecule is O=C(c1cccs1)N1N=C2c3ccccc3CC[C@H]2[C@H]1c1ccccc1Cl. The summed E-state index contributed by atoms with van der Waals surface area (Å²) < 4.78 is 0. The fourth-order valence-electron chi connectivity index (χ4n) is 4.17. The number of carbonyl (C=O) groups excluding carboxylic acids is 1. The smallest absolute Gasteiger partial charge is 0.266 e. The van der Waals surface area contributed by atoms with Crippen LogP contribution in [0, 0.1) is 5.92 Å². The van der Waals surface area contributed by atoms with Crippen LogP contribution in [-0.2, 0) is 6.42 Å². The van der Waals surface area contributed by atoms with E-state index < -0.39 is 0 Å². The first-order valence-electron chi connectivity index (χ1n) is 9.02. The van der Waals surface area contributed by atoms with Crippen molar-refractivity contribution in [1.82, 2.24) is 5.01 Å².